The van der Waals surface area contributed by atoms with Crippen molar-refractivity contribution in [1.82, 2.24) is 0 Å². The first-order valence-electron chi connectivity index (χ1n) is 9.32. The van der Waals surface area contributed by atoms with Gasteiger partial charge in [0.1, 0.15) is 5.84 Å². The van der Waals surface area contributed by atoms with E-state index in [4.69, 9.17) is 4.99 Å². The van der Waals surface area contributed by atoms with Gasteiger partial charge in [0.15, 0.2) is 0 Å². The van der Waals surface area contributed by atoms with Crippen LogP contribution in [0.5, 0.6) is 0 Å². The third kappa shape index (κ3) is 3.66. The summed E-state index contributed by atoms with van der Waals surface area (Å²) in [5.74, 6) is 0.890. The number of benzene rings is 2. The predicted octanol–water partition coefficient (Wildman–Crippen LogP) is 5.84. The first-order valence-corrected chi connectivity index (χ1v) is 9.32. The molecule has 3 nitrogen and oxygen atoms in total. The number of anilines is 2. The molecule has 2 aromatic rings. The Morgan fingerprint density at radius 2 is 1.56 bits per heavy atom. The third-order valence-corrected chi connectivity index (χ3v) is 5.42. The molecule has 0 aromatic heterocycles. The van der Waals surface area contributed by atoms with E-state index in [1.165, 1.54) is 18.6 Å². The maximum absolute atomic E-state index is 12.7. The van der Waals surface area contributed by atoms with Gasteiger partial charge >= 0.3 is 6.18 Å². The minimum Gasteiger partial charge on any atom is -0.371 e. The average Bonchev–Trinajstić information content (AvgIpc) is 2.66. The number of halogens is 3. The number of hydrogen-bond donors (Lipinski definition) is 2. The summed E-state index contributed by atoms with van der Waals surface area (Å²) < 4.78 is 38.2. The van der Waals surface area contributed by atoms with E-state index in [1.807, 2.05) is 18.2 Å². The first kappa shape index (κ1) is 17.9. The van der Waals surface area contributed by atoms with Crippen molar-refractivity contribution in [2.45, 2.75) is 50.4 Å². The highest BCUT2D eigenvalue weighted by molar-refractivity contribution is 6.09. The summed E-state index contributed by atoms with van der Waals surface area (Å²) in [7, 11) is 0. The molecule has 1 saturated carbocycles. The molecular weight excluding hydrogens is 351 g/mol. The van der Waals surface area contributed by atoms with Crippen molar-refractivity contribution >= 4 is 17.2 Å². The van der Waals surface area contributed by atoms with Gasteiger partial charge in [0, 0.05) is 0 Å². The van der Waals surface area contributed by atoms with Crippen LogP contribution in [0.25, 0.3) is 0 Å². The fourth-order valence-electron chi connectivity index (χ4n) is 3.94. The average molecular weight is 373 g/mol. The normalized spacial score (nSPS) is 20.0. The molecule has 1 aliphatic carbocycles. The fourth-order valence-corrected chi connectivity index (χ4v) is 3.94. The summed E-state index contributed by atoms with van der Waals surface area (Å²) in [6, 6.07) is 13.3. The van der Waals surface area contributed by atoms with Gasteiger partial charge in [-0.1, -0.05) is 43.5 Å². The standard InChI is InChI=1S/C21H22F3N3/c22-21(23,24)16-10-8-15(9-11-16)14-25-19-20(12-4-1-5-13-20)27-18-7-3-2-6-17(18)26-19/h2-3,6-11,27H,1,4-5,12-14H2,(H,25,26). The molecule has 6 heteroatoms. The van der Waals surface area contributed by atoms with E-state index in [0.717, 1.165) is 60.6 Å². The highest BCUT2D eigenvalue weighted by Crippen LogP contribution is 2.39. The van der Waals surface area contributed by atoms with Gasteiger partial charge in [-0.3, -0.25) is 4.99 Å². The number of hydrogen-bond acceptors (Lipinski definition) is 2. The molecule has 1 aliphatic heterocycles. The van der Waals surface area contributed by atoms with E-state index >= 15 is 0 Å². The predicted molar refractivity (Wildman–Crippen MR) is 102 cm³/mol. The van der Waals surface area contributed by atoms with Gasteiger partial charge in [-0.05, 0) is 42.7 Å². The van der Waals surface area contributed by atoms with Crippen LogP contribution in [0.1, 0.15) is 43.2 Å². The lowest BCUT2D eigenvalue weighted by molar-refractivity contribution is -0.137. The number of fused-ring (bicyclic) bond motifs is 1. The largest absolute Gasteiger partial charge is 0.416 e. The number of aliphatic imine (C=N–C) groups is 1. The number of rotatable bonds is 2. The van der Waals surface area contributed by atoms with Gasteiger partial charge in [0.05, 0.1) is 29.0 Å². The summed E-state index contributed by atoms with van der Waals surface area (Å²) in [5, 5.41) is 7.16. The quantitative estimate of drug-likeness (QED) is 0.693. The second-order valence-electron chi connectivity index (χ2n) is 7.30. The Morgan fingerprint density at radius 3 is 2.22 bits per heavy atom. The SMILES string of the molecule is FC(F)(F)c1ccc(CN=C2Nc3ccccc3NC23CCCCC3)cc1. The molecule has 4 rings (SSSR count). The van der Waals surface area contributed by atoms with Crippen LogP contribution in [0.3, 0.4) is 0 Å². The summed E-state index contributed by atoms with van der Waals surface area (Å²) in [6.45, 7) is 0.353. The van der Waals surface area contributed by atoms with Gasteiger partial charge in [-0.2, -0.15) is 13.2 Å². The summed E-state index contributed by atoms with van der Waals surface area (Å²) in [4.78, 5) is 4.78. The van der Waals surface area contributed by atoms with E-state index in [2.05, 4.69) is 16.7 Å². The Hall–Kier alpha value is -2.50. The molecule has 1 fully saturated rings. The van der Waals surface area contributed by atoms with Crippen LogP contribution in [0.4, 0.5) is 24.5 Å². The number of nitrogens with one attached hydrogen (secondary N) is 2. The van der Waals surface area contributed by atoms with E-state index in [9.17, 15) is 13.2 Å². The van der Waals surface area contributed by atoms with E-state index < -0.39 is 11.7 Å². The van der Waals surface area contributed by atoms with E-state index in [-0.39, 0.29) is 5.54 Å². The molecule has 27 heavy (non-hydrogen) atoms. The molecule has 2 aliphatic rings. The lowest BCUT2D eigenvalue weighted by Gasteiger charge is -2.44. The van der Waals surface area contributed by atoms with Crippen molar-refractivity contribution in [2.75, 3.05) is 10.6 Å². The Kier molecular flexibility index (Phi) is 4.58. The van der Waals surface area contributed by atoms with Crippen LogP contribution < -0.4 is 10.6 Å². The summed E-state index contributed by atoms with van der Waals surface area (Å²) in [6.07, 6.45) is 1.18. The second-order valence-corrected chi connectivity index (χ2v) is 7.30. The zero-order valence-electron chi connectivity index (χ0n) is 14.9. The molecule has 1 heterocycles. The molecule has 142 valence electrons. The lowest BCUT2D eigenvalue weighted by atomic mass is 9.79. The Morgan fingerprint density at radius 1 is 0.889 bits per heavy atom. The minimum absolute atomic E-state index is 0.210. The Bertz CT molecular complexity index is 834. The maximum atomic E-state index is 12.7. The van der Waals surface area contributed by atoms with Crippen LogP contribution in [0.15, 0.2) is 53.5 Å². The monoisotopic (exact) mass is 373 g/mol. The highest BCUT2D eigenvalue weighted by atomic mass is 19.4. The number of nitrogens with zero attached hydrogens (tertiary/aromatic N) is 1. The van der Waals surface area contributed by atoms with Crippen molar-refractivity contribution in [2.24, 2.45) is 4.99 Å². The Labute approximate surface area is 156 Å². The van der Waals surface area contributed by atoms with Crippen LogP contribution in [0, 0.1) is 0 Å². The van der Waals surface area contributed by atoms with Crippen LogP contribution >= 0.6 is 0 Å². The smallest absolute Gasteiger partial charge is 0.371 e. The number of amidine groups is 1. The molecule has 0 amide bonds. The molecule has 2 aromatic carbocycles. The fraction of sp³-hybridized carbons (Fsp3) is 0.381. The molecule has 0 radical (unpaired) electrons. The molecule has 0 saturated heterocycles. The summed E-state index contributed by atoms with van der Waals surface area (Å²) in [5.41, 5.74) is 1.99. The minimum atomic E-state index is -4.31. The second kappa shape index (κ2) is 6.91. The molecule has 0 bridgehead atoms. The van der Waals surface area contributed by atoms with E-state index in [1.54, 1.807) is 0 Å². The van der Waals surface area contributed by atoms with E-state index in [0.29, 0.717) is 6.54 Å². The van der Waals surface area contributed by atoms with Crippen molar-refractivity contribution in [1.29, 1.82) is 0 Å². The molecular formula is C21H22F3N3. The zero-order chi connectivity index (χ0) is 18.9. The Balaban J connectivity index is 1.60. The van der Waals surface area contributed by atoms with Gasteiger partial charge in [0.25, 0.3) is 0 Å². The van der Waals surface area contributed by atoms with Crippen molar-refractivity contribution in [3.8, 4) is 0 Å². The first-order chi connectivity index (χ1) is 13.0. The molecule has 2 N–H and O–H groups in total. The maximum Gasteiger partial charge on any atom is 0.416 e. The van der Waals surface area contributed by atoms with Crippen LogP contribution in [-0.2, 0) is 12.7 Å². The van der Waals surface area contributed by atoms with Crippen molar-refractivity contribution < 1.29 is 13.2 Å². The topological polar surface area (TPSA) is 36.4 Å². The zero-order valence-corrected chi connectivity index (χ0v) is 14.9. The molecule has 0 unspecified atom stereocenters. The van der Waals surface area contributed by atoms with Crippen molar-refractivity contribution in [3.63, 3.8) is 0 Å². The molecule has 0 atom stereocenters. The van der Waals surface area contributed by atoms with Gasteiger partial charge in [-0.15, -0.1) is 0 Å². The van der Waals surface area contributed by atoms with Crippen LogP contribution in [-0.4, -0.2) is 11.4 Å². The number of para-hydroxylation sites is 2. The van der Waals surface area contributed by atoms with Gasteiger partial charge in [0.2, 0.25) is 0 Å². The van der Waals surface area contributed by atoms with Gasteiger partial charge < -0.3 is 10.6 Å². The van der Waals surface area contributed by atoms with Crippen molar-refractivity contribution in [3.05, 3.63) is 59.7 Å². The number of alkyl halides is 3. The third-order valence-electron chi connectivity index (χ3n) is 5.42. The summed E-state index contributed by atoms with van der Waals surface area (Å²) >= 11 is 0. The lowest BCUT2D eigenvalue weighted by Crippen LogP contribution is -2.53. The van der Waals surface area contributed by atoms with Crippen LogP contribution in [0.2, 0.25) is 0 Å². The highest BCUT2D eigenvalue weighted by Gasteiger charge is 2.40. The molecule has 1 spiro atoms. The van der Waals surface area contributed by atoms with Gasteiger partial charge in [-0.25, -0.2) is 0 Å².